The first-order chi connectivity index (χ1) is 13.6. The van der Waals surface area contributed by atoms with Gasteiger partial charge in [0.2, 0.25) is 0 Å². The lowest BCUT2D eigenvalue weighted by atomic mass is 10.1. The first-order valence-corrected chi connectivity index (χ1v) is 9.71. The molecule has 0 saturated heterocycles. The topological polar surface area (TPSA) is 88.4 Å². The van der Waals surface area contributed by atoms with Crippen LogP contribution >= 0.6 is 11.3 Å². The summed E-state index contributed by atoms with van der Waals surface area (Å²) in [5.74, 6) is -0.393. The molecular formula is C20H18N4O3S. The summed E-state index contributed by atoms with van der Waals surface area (Å²) in [6, 6.07) is 16.0. The highest BCUT2D eigenvalue weighted by molar-refractivity contribution is 7.15. The average molecular weight is 394 g/mol. The van der Waals surface area contributed by atoms with Gasteiger partial charge in [0.1, 0.15) is 0 Å². The van der Waals surface area contributed by atoms with Crippen molar-refractivity contribution >= 4 is 28.1 Å². The molecule has 2 aromatic carbocycles. The van der Waals surface area contributed by atoms with Crippen molar-refractivity contribution in [1.82, 2.24) is 9.88 Å². The van der Waals surface area contributed by atoms with Crippen molar-refractivity contribution in [3.63, 3.8) is 0 Å². The van der Waals surface area contributed by atoms with Crippen molar-refractivity contribution in [2.45, 2.75) is 19.5 Å². The Morgan fingerprint density at radius 3 is 2.82 bits per heavy atom. The first-order valence-electron chi connectivity index (χ1n) is 8.89. The molecule has 1 aromatic heterocycles. The van der Waals surface area contributed by atoms with Gasteiger partial charge in [-0.25, -0.2) is 4.98 Å². The van der Waals surface area contributed by atoms with E-state index in [-0.39, 0.29) is 11.3 Å². The number of aromatic nitrogens is 1. The summed E-state index contributed by atoms with van der Waals surface area (Å²) in [5.41, 5.74) is 2.43. The quantitative estimate of drug-likeness (QED) is 0.524. The van der Waals surface area contributed by atoms with E-state index in [4.69, 9.17) is 0 Å². The van der Waals surface area contributed by atoms with Gasteiger partial charge < -0.3 is 0 Å². The fraction of sp³-hybridized carbons (Fsp3) is 0.200. The van der Waals surface area contributed by atoms with Crippen LogP contribution in [0.4, 0.5) is 10.8 Å². The number of non-ortho nitro benzene ring substituents is 1. The second kappa shape index (κ2) is 7.87. The Bertz CT molecular complexity index is 1020. The van der Waals surface area contributed by atoms with E-state index in [1.807, 2.05) is 18.2 Å². The zero-order chi connectivity index (χ0) is 19.5. The van der Waals surface area contributed by atoms with Crippen LogP contribution < -0.4 is 5.32 Å². The third-order valence-electron chi connectivity index (χ3n) is 4.60. The van der Waals surface area contributed by atoms with E-state index in [0.717, 1.165) is 36.6 Å². The molecule has 7 nitrogen and oxygen atoms in total. The molecule has 8 heteroatoms. The zero-order valence-corrected chi connectivity index (χ0v) is 15.8. The third kappa shape index (κ3) is 4.08. The number of thiazole rings is 1. The number of nitro groups is 1. The number of hydrogen-bond acceptors (Lipinski definition) is 6. The van der Waals surface area contributed by atoms with Crippen molar-refractivity contribution in [2.24, 2.45) is 0 Å². The molecule has 1 N–H and O–H groups in total. The Hall–Kier alpha value is -3.10. The number of rotatable bonds is 5. The molecule has 1 aliphatic heterocycles. The standard InChI is InChI=1S/C20H18N4O3S/c25-19(15-7-4-8-16(11-15)24(26)27)22-20-21-17-9-10-23(13-18(17)28-20)12-14-5-2-1-3-6-14/h1-8,11H,9-10,12-13H2,(H,21,22,25). The summed E-state index contributed by atoms with van der Waals surface area (Å²) in [4.78, 5) is 30.9. The summed E-state index contributed by atoms with van der Waals surface area (Å²) in [6.45, 7) is 2.60. The number of benzene rings is 2. The number of nitro benzene ring substituents is 1. The number of nitrogens with zero attached hydrogens (tertiary/aromatic N) is 3. The maximum Gasteiger partial charge on any atom is 0.270 e. The van der Waals surface area contributed by atoms with Gasteiger partial charge in [0, 0.05) is 48.6 Å². The average Bonchev–Trinajstić information content (AvgIpc) is 3.10. The van der Waals surface area contributed by atoms with Crippen LogP contribution in [0.15, 0.2) is 54.6 Å². The fourth-order valence-electron chi connectivity index (χ4n) is 3.21. The summed E-state index contributed by atoms with van der Waals surface area (Å²) in [5, 5.41) is 14.2. The summed E-state index contributed by atoms with van der Waals surface area (Å²) in [7, 11) is 0. The maximum absolute atomic E-state index is 12.4. The van der Waals surface area contributed by atoms with E-state index in [1.54, 1.807) is 6.07 Å². The molecule has 0 saturated carbocycles. The number of amides is 1. The van der Waals surface area contributed by atoms with Crippen molar-refractivity contribution in [1.29, 1.82) is 0 Å². The molecule has 0 atom stereocenters. The van der Waals surface area contributed by atoms with E-state index in [0.29, 0.717) is 5.13 Å². The molecule has 2 heterocycles. The van der Waals surface area contributed by atoms with Gasteiger partial charge in [0.15, 0.2) is 5.13 Å². The van der Waals surface area contributed by atoms with Crippen LogP contribution in [0.2, 0.25) is 0 Å². The van der Waals surface area contributed by atoms with Crippen LogP contribution in [0, 0.1) is 10.1 Å². The lowest BCUT2D eigenvalue weighted by molar-refractivity contribution is -0.384. The zero-order valence-electron chi connectivity index (χ0n) is 15.0. The van der Waals surface area contributed by atoms with Crippen LogP contribution in [0.5, 0.6) is 0 Å². The Labute approximate surface area is 165 Å². The molecular weight excluding hydrogens is 376 g/mol. The maximum atomic E-state index is 12.4. The van der Waals surface area contributed by atoms with Gasteiger partial charge in [-0.15, -0.1) is 11.3 Å². The molecule has 4 rings (SSSR count). The second-order valence-electron chi connectivity index (χ2n) is 6.60. The Kier molecular flexibility index (Phi) is 5.14. The van der Waals surface area contributed by atoms with Crippen LogP contribution in [-0.2, 0) is 19.5 Å². The van der Waals surface area contributed by atoms with Crippen LogP contribution in [-0.4, -0.2) is 27.3 Å². The molecule has 0 radical (unpaired) electrons. The highest BCUT2D eigenvalue weighted by atomic mass is 32.1. The number of carbonyl (C=O) groups excluding carboxylic acids is 1. The van der Waals surface area contributed by atoms with Crippen LogP contribution in [0.25, 0.3) is 0 Å². The van der Waals surface area contributed by atoms with Crippen LogP contribution in [0.1, 0.15) is 26.5 Å². The van der Waals surface area contributed by atoms with Gasteiger partial charge in [-0.1, -0.05) is 36.4 Å². The van der Waals surface area contributed by atoms with Gasteiger partial charge >= 0.3 is 0 Å². The van der Waals surface area contributed by atoms with E-state index < -0.39 is 10.8 Å². The lowest BCUT2D eigenvalue weighted by Gasteiger charge is -2.25. The molecule has 28 heavy (non-hydrogen) atoms. The predicted octanol–water partition coefficient (Wildman–Crippen LogP) is 3.86. The predicted molar refractivity (Wildman–Crippen MR) is 107 cm³/mol. The fourth-order valence-corrected chi connectivity index (χ4v) is 4.25. The molecule has 0 aliphatic carbocycles. The van der Waals surface area contributed by atoms with E-state index in [9.17, 15) is 14.9 Å². The van der Waals surface area contributed by atoms with E-state index in [1.165, 1.54) is 35.1 Å². The number of anilines is 1. The monoisotopic (exact) mass is 394 g/mol. The Morgan fingerprint density at radius 2 is 2.04 bits per heavy atom. The molecule has 0 bridgehead atoms. The number of hydrogen-bond donors (Lipinski definition) is 1. The summed E-state index contributed by atoms with van der Waals surface area (Å²) in [6.07, 6.45) is 0.839. The van der Waals surface area contributed by atoms with Crippen molar-refractivity contribution < 1.29 is 9.72 Å². The third-order valence-corrected chi connectivity index (χ3v) is 5.60. The van der Waals surface area contributed by atoms with Gasteiger partial charge in [0.05, 0.1) is 10.6 Å². The van der Waals surface area contributed by atoms with Gasteiger partial charge in [-0.2, -0.15) is 0 Å². The van der Waals surface area contributed by atoms with Gasteiger partial charge in [0.25, 0.3) is 11.6 Å². The Morgan fingerprint density at radius 1 is 1.21 bits per heavy atom. The van der Waals surface area contributed by atoms with E-state index >= 15 is 0 Å². The molecule has 1 amide bonds. The highest BCUT2D eigenvalue weighted by Crippen LogP contribution is 2.29. The molecule has 142 valence electrons. The molecule has 1 aliphatic rings. The molecule has 0 unspecified atom stereocenters. The number of fused-ring (bicyclic) bond motifs is 1. The number of carbonyl (C=O) groups is 1. The number of nitrogens with one attached hydrogen (secondary N) is 1. The van der Waals surface area contributed by atoms with Crippen molar-refractivity contribution in [2.75, 3.05) is 11.9 Å². The van der Waals surface area contributed by atoms with E-state index in [2.05, 4.69) is 27.3 Å². The van der Waals surface area contributed by atoms with Crippen molar-refractivity contribution in [3.8, 4) is 0 Å². The van der Waals surface area contributed by atoms with Gasteiger partial charge in [-0.05, 0) is 11.6 Å². The van der Waals surface area contributed by atoms with Gasteiger partial charge in [-0.3, -0.25) is 25.1 Å². The smallest absolute Gasteiger partial charge is 0.270 e. The normalized spacial score (nSPS) is 13.7. The largest absolute Gasteiger partial charge is 0.298 e. The first kappa shape index (κ1) is 18.3. The minimum atomic E-state index is -0.514. The Balaban J connectivity index is 1.43. The highest BCUT2D eigenvalue weighted by Gasteiger charge is 2.22. The minimum absolute atomic E-state index is 0.109. The molecule has 0 spiro atoms. The SMILES string of the molecule is O=C(Nc1nc2c(s1)CN(Cc1ccccc1)CC2)c1cccc([N+](=O)[O-])c1. The summed E-state index contributed by atoms with van der Waals surface area (Å²) < 4.78 is 0. The van der Waals surface area contributed by atoms with Crippen LogP contribution in [0.3, 0.4) is 0 Å². The van der Waals surface area contributed by atoms with Crippen molar-refractivity contribution in [3.05, 3.63) is 86.4 Å². The minimum Gasteiger partial charge on any atom is -0.298 e. The second-order valence-corrected chi connectivity index (χ2v) is 7.68. The molecule has 3 aromatic rings. The molecule has 0 fully saturated rings. The lowest BCUT2D eigenvalue weighted by Crippen LogP contribution is -2.29. The summed E-state index contributed by atoms with van der Waals surface area (Å²) >= 11 is 1.46.